The third-order valence-electron chi connectivity index (χ3n) is 3.25. The maximum atomic E-state index is 3.73. The third kappa shape index (κ3) is 5.27. The number of rotatable bonds is 4. The van der Waals surface area contributed by atoms with Crippen LogP contribution in [0, 0.1) is 0 Å². The fourth-order valence-electron chi connectivity index (χ4n) is 1.93. The van der Waals surface area contributed by atoms with Gasteiger partial charge in [-0.1, -0.05) is 100 Å². The molecule has 0 saturated heterocycles. The highest BCUT2D eigenvalue weighted by atomic mass is 14.0. The lowest BCUT2D eigenvalue weighted by atomic mass is 10.0. The Hall–Kier alpha value is -2.34. The van der Waals surface area contributed by atoms with Gasteiger partial charge < -0.3 is 0 Å². The summed E-state index contributed by atoms with van der Waals surface area (Å²) in [7, 11) is 0. The van der Waals surface area contributed by atoms with Gasteiger partial charge in [0.25, 0.3) is 0 Å². The molecule has 0 heteroatoms. The summed E-state index contributed by atoms with van der Waals surface area (Å²) in [4.78, 5) is 0. The second-order valence-corrected chi connectivity index (χ2v) is 5.07. The van der Waals surface area contributed by atoms with Gasteiger partial charge in [-0.05, 0) is 28.2 Å². The molecule has 0 amide bonds. The summed E-state index contributed by atoms with van der Waals surface area (Å²) in [6, 6.07) is 16.5. The van der Waals surface area contributed by atoms with E-state index in [1.165, 1.54) is 11.1 Å². The van der Waals surface area contributed by atoms with E-state index in [0.717, 1.165) is 11.1 Å². The maximum Gasteiger partial charge on any atom is -0.0190 e. The summed E-state index contributed by atoms with van der Waals surface area (Å²) < 4.78 is 0. The fourth-order valence-corrected chi connectivity index (χ4v) is 1.93. The van der Waals surface area contributed by atoms with Gasteiger partial charge in [0.2, 0.25) is 0 Å². The third-order valence-corrected chi connectivity index (χ3v) is 3.25. The smallest absolute Gasteiger partial charge is 0.0190 e. The van der Waals surface area contributed by atoms with Crippen LogP contribution in [0.3, 0.4) is 0 Å². The molecule has 0 N–H and O–H groups in total. The van der Waals surface area contributed by atoms with E-state index in [1.54, 1.807) is 0 Å². The van der Waals surface area contributed by atoms with Crippen LogP contribution in [-0.4, -0.2) is 0 Å². The van der Waals surface area contributed by atoms with Crippen molar-refractivity contribution in [1.82, 2.24) is 0 Å². The molecule has 0 aliphatic heterocycles. The molecule has 2 rings (SSSR count). The molecular weight excluding hydrogens is 252 g/mol. The first-order chi connectivity index (χ1) is 10.1. The van der Waals surface area contributed by atoms with E-state index in [9.17, 15) is 0 Å². The Morgan fingerprint density at radius 1 is 0.762 bits per heavy atom. The van der Waals surface area contributed by atoms with Gasteiger partial charge in [-0.15, -0.1) is 0 Å². The van der Waals surface area contributed by atoms with Crippen LogP contribution in [0.25, 0.3) is 18.2 Å². The molecule has 0 unspecified atom stereocenters. The van der Waals surface area contributed by atoms with Crippen molar-refractivity contribution in [2.24, 2.45) is 0 Å². The molecule has 2 aromatic rings. The summed E-state index contributed by atoms with van der Waals surface area (Å²) in [5, 5.41) is 0. The van der Waals surface area contributed by atoms with E-state index in [2.05, 4.69) is 57.8 Å². The fraction of sp³-hybridized carbons (Fsp3) is 0.143. The molecule has 2 aromatic carbocycles. The minimum absolute atomic E-state index is 0.606. The van der Waals surface area contributed by atoms with Crippen molar-refractivity contribution in [1.29, 1.82) is 0 Å². The lowest BCUT2D eigenvalue weighted by Crippen LogP contribution is -1.86. The second-order valence-electron chi connectivity index (χ2n) is 5.07. The average Bonchev–Trinajstić information content (AvgIpc) is 2.55. The molecule has 0 nitrogen and oxygen atoms in total. The summed E-state index contributed by atoms with van der Waals surface area (Å²) in [5.41, 5.74) is 4.86. The molecule has 0 spiro atoms. The van der Waals surface area contributed by atoms with Gasteiger partial charge in [-0.3, -0.25) is 0 Å². The molecule has 0 atom stereocenters. The molecule has 0 saturated carbocycles. The van der Waals surface area contributed by atoms with Crippen molar-refractivity contribution in [2.45, 2.75) is 19.8 Å². The van der Waals surface area contributed by atoms with Gasteiger partial charge in [0, 0.05) is 0 Å². The van der Waals surface area contributed by atoms with Gasteiger partial charge in [0.1, 0.15) is 0 Å². The Morgan fingerprint density at radius 2 is 1.33 bits per heavy atom. The molecule has 0 fully saturated rings. The van der Waals surface area contributed by atoms with Gasteiger partial charge in [-0.25, -0.2) is 0 Å². The van der Waals surface area contributed by atoms with Crippen LogP contribution in [0.4, 0.5) is 0 Å². The zero-order valence-corrected chi connectivity index (χ0v) is 13.0. The van der Waals surface area contributed by atoms with Crippen molar-refractivity contribution in [3.05, 3.63) is 90.5 Å². The zero-order chi connectivity index (χ0) is 15.7. The van der Waals surface area contributed by atoms with Crippen LogP contribution in [-0.2, 0) is 0 Å². The highest BCUT2D eigenvalue weighted by Crippen LogP contribution is 2.15. The van der Waals surface area contributed by atoms with E-state index < -0.39 is 0 Å². The molecule has 0 bridgehead atoms. The van der Waals surface area contributed by atoms with Crippen LogP contribution in [0.5, 0.6) is 0 Å². The highest BCUT2D eigenvalue weighted by molar-refractivity contribution is 5.63. The first kappa shape index (κ1) is 16.7. The molecule has 0 aromatic heterocycles. The molecule has 21 heavy (non-hydrogen) atoms. The average molecular weight is 276 g/mol. The highest BCUT2D eigenvalue weighted by Gasteiger charge is 1.97. The Balaban J connectivity index is 0.000000211. The maximum absolute atomic E-state index is 3.73. The minimum Gasteiger partial charge on any atom is -0.0985 e. The SMILES string of the molecule is C=Cc1cccc(C(C)C)c1.C=Cc1ccccc1C=C. The van der Waals surface area contributed by atoms with Crippen molar-refractivity contribution in [3.63, 3.8) is 0 Å². The Labute approximate surface area is 129 Å². The normalized spacial score (nSPS) is 9.48. The van der Waals surface area contributed by atoms with E-state index >= 15 is 0 Å². The summed E-state index contributed by atoms with van der Waals surface area (Å²) in [6.45, 7) is 15.5. The van der Waals surface area contributed by atoms with Crippen LogP contribution in [0.1, 0.15) is 42.0 Å². The van der Waals surface area contributed by atoms with Crippen molar-refractivity contribution < 1.29 is 0 Å². The molecule has 108 valence electrons. The first-order valence-corrected chi connectivity index (χ1v) is 7.18. The van der Waals surface area contributed by atoms with Crippen LogP contribution in [0.2, 0.25) is 0 Å². The van der Waals surface area contributed by atoms with Crippen molar-refractivity contribution >= 4 is 18.2 Å². The van der Waals surface area contributed by atoms with Gasteiger partial charge in [-0.2, -0.15) is 0 Å². The monoisotopic (exact) mass is 276 g/mol. The second kappa shape index (κ2) is 8.76. The molecule has 0 aliphatic carbocycles. The standard InChI is InChI=1S/C11H14.C10H10/c1-4-10-6-5-7-11(8-10)9(2)3;1-3-9-7-5-6-8-10(9)4-2/h4-9H,1H2,2-3H3;3-8H,1-2H2. The van der Waals surface area contributed by atoms with Crippen LogP contribution in [0.15, 0.2) is 68.3 Å². The molecule has 0 aliphatic rings. The van der Waals surface area contributed by atoms with E-state index in [4.69, 9.17) is 0 Å². The van der Waals surface area contributed by atoms with E-state index in [0.29, 0.717) is 5.92 Å². The number of benzene rings is 2. The zero-order valence-electron chi connectivity index (χ0n) is 13.0. The van der Waals surface area contributed by atoms with E-state index in [-0.39, 0.29) is 0 Å². The quantitative estimate of drug-likeness (QED) is 0.604. The summed E-state index contributed by atoms with van der Waals surface area (Å²) in [6.07, 6.45) is 5.54. The van der Waals surface area contributed by atoms with Gasteiger partial charge >= 0.3 is 0 Å². The van der Waals surface area contributed by atoms with Crippen molar-refractivity contribution in [3.8, 4) is 0 Å². The minimum atomic E-state index is 0.606. The van der Waals surface area contributed by atoms with Gasteiger partial charge in [0.15, 0.2) is 0 Å². The number of hydrogen-bond acceptors (Lipinski definition) is 0. The molecule has 0 heterocycles. The predicted octanol–water partition coefficient (Wildman–Crippen LogP) is 6.43. The van der Waals surface area contributed by atoms with Crippen LogP contribution < -0.4 is 0 Å². The van der Waals surface area contributed by atoms with Crippen molar-refractivity contribution in [2.75, 3.05) is 0 Å². The largest absolute Gasteiger partial charge is 0.0985 e. The van der Waals surface area contributed by atoms with Gasteiger partial charge in [0.05, 0.1) is 0 Å². The lowest BCUT2D eigenvalue weighted by molar-refractivity contribution is 0.866. The number of hydrogen-bond donors (Lipinski definition) is 0. The first-order valence-electron chi connectivity index (χ1n) is 7.18. The summed E-state index contributed by atoms with van der Waals surface area (Å²) >= 11 is 0. The molecular formula is C21H24. The topological polar surface area (TPSA) is 0 Å². The Morgan fingerprint density at radius 3 is 1.76 bits per heavy atom. The molecule has 0 radical (unpaired) electrons. The van der Waals surface area contributed by atoms with E-state index in [1.807, 2.05) is 42.5 Å². The predicted molar refractivity (Wildman–Crippen MR) is 97.2 cm³/mol. The lowest BCUT2D eigenvalue weighted by Gasteiger charge is -2.04. The van der Waals surface area contributed by atoms with Crippen LogP contribution >= 0.6 is 0 Å². The Kier molecular flexibility index (Phi) is 6.97. The Bertz CT molecular complexity index is 576. The summed E-state index contributed by atoms with van der Waals surface area (Å²) in [5.74, 6) is 0.606.